The molecule has 0 bridgehead atoms. The molecule has 0 aliphatic heterocycles. The van der Waals surface area contributed by atoms with E-state index in [1.165, 1.54) is 0 Å². The van der Waals surface area contributed by atoms with E-state index >= 15 is 0 Å². The lowest BCUT2D eigenvalue weighted by atomic mass is 9.98. The molecule has 10 aromatic rings. The van der Waals surface area contributed by atoms with E-state index in [-0.39, 0.29) is 75.1 Å². The van der Waals surface area contributed by atoms with E-state index in [9.17, 15) is 5.48 Å². The number of benzene rings is 8. The van der Waals surface area contributed by atoms with Crippen LogP contribution in [0, 0.1) is 0 Å². The maximum Gasteiger partial charge on any atom is 0.164 e. The van der Waals surface area contributed by atoms with Gasteiger partial charge in [0.2, 0.25) is 0 Å². The summed E-state index contributed by atoms with van der Waals surface area (Å²) in [7, 11) is 0. The van der Waals surface area contributed by atoms with Gasteiger partial charge >= 0.3 is 0 Å². The number of fused-ring (bicyclic) bond motifs is 3. The van der Waals surface area contributed by atoms with E-state index < -0.39 is 0 Å². The fourth-order valence-electron chi connectivity index (χ4n) is 6.79. The topological polar surface area (TPSA) is 51.8 Å². The molecule has 8 aromatic carbocycles. The molecule has 55 heavy (non-hydrogen) atoms. The first kappa shape index (κ1) is 26.4. The Bertz CT molecular complexity index is 3300. The van der Waals surface area contributed by atoms with E-state index in [0.717, 1.165) is 33.4 Å². The molecule has 0 unspecified atom stereocenters. The molecule has 4 heteroatoms. The average Bonchev–Trinajstić information content (AvgIpc) is 3.73. The van der Waals surface area contributed by atoms with Gasteiger partial charge in [-0.15, -0.1) is 0 Å². The van der Waals surface area contributed by atoms with Crippen LogP contribution in [0.3, 0.4) is 0 Å². The van der Waals surface area contributed by atoms with Gasteiger partial charge in [-0.25, -0.2) is 15.0 Å². The highest BCUT2D eigenvalue weighted by Crippen LogP contribution is 2.36. The molecule has 258 valence electrons. The lowest BCUT2D eigenvalue weighted by Gasteiger charge is -2.10. The van der Waals surface area contributed by atoms with Crippen molar-refractivity contribution >= 4 is 21.9 Å². The first-order valence-electron chi connectivity index (χ1n) is 20.9. The summed E-state index contributed by atoms with van der Waals surface area (Å²) in [5, 5.41) is 0.150. The summed E-state index contributed by atoms with van der Waals surface area (Å²) in [4.78, 5) is 14.6. The maximum atomic E-state index is 9.54. The lowest BCUT2D eigenvalue weighted by Crippen LogP contribution is -2.00. The molecule has 10 rings (SSSR count). The molecule has 2 aromatic heterocycles. The number of hydrogen-bond donors (Lipinski definition) is 0. The molecule has 0 saturated carbocycles. The molecule has 0 spiro atoms. The standard InChI is InChI=1S/C51H33N3O/c1-4-12-34(13-5-1)37-22-24-38(25-23-37)49-52-50(43-21-11-19-40(31-43)36-16-8-3-9-17-36)54-51(53-49)44-26-28-45-46-32-42(27-29-47(46)55-48(45)33-44)41-20-10-18-39(30-41)35-14-6-2-7-15-35/h1-33H/i26D,27D,28D,29D,32D,33D. The zero-order valence-corrected chi connectivity index (χ0v) is 29.3. The lowest BCUT2D eigenvalue weighted by molar-refractivity contribution is 0.669. The fourth-order valence-corrected chi connectivity index (χ4v) is 6.79. The summed E-state index contributed by atoms with van der Waals surface area (Å²) in [5.41, 5.74) is 7.74. The van der Waals surface area contributed by atoms with Gasteiger partial charge < -0.3 is 4.42 Å². The van der Waals surface area contributed by atoms with Crippen molar-refractivity contribution in [2.75, 3.05) is 0 Å². The minimum atomic E-state index is -0.339. The molecular formula is C51H33N3O. The minimum absolute atomic E-state index is 0.0000957. The molecule has 0 aliphatic carbocycles. The van der Waals surface area contributed by atoms with Crippen molar-refractivity contribution in [2.45, 2.75) is 0 Å². The summed E-state index contributed by atoms with van der Waals surface area (Å²) in [6.45, 7) is 0. The summed E-state index contributed by atoms with van der Waals surface area (Å²) >= 11 is 0. The second kappa shape index (κ2) is 13.8. The van der Waals surface area contributed by atoms with E-state index in [1.807, 2.05) is 158 Å². The number of furan rings is 1. The van der Waals surface area contributed by atoms with Gasteiger partial charge in [0.25, 0.3) is 0 Å². The first-order chi connectivity index (χ1) is 29.7. The van der Waals surface area contributed by atoms with Crippen molar-refractivity contribution < 1.29 is 12.6 Å². The van der Waals surface area contributed by atoms with Crippen molar-refractivity contribution in [3.05, 3.63) is 200 Å². The van der Waals surface area contributed by atoms with Crippen LogP contribution in [0.4, 0.5) is 0 Å². The number of aromatic nitrogens is 3. The van der Waals surface area contributed by atoms with E-state index in [0.29, 0.717) is 28.3 Å². The van der Waals surface area contributed by atoms with Gasteiger partial charge in [-0.1, -0.05) is 164 Å². The first-order valence-corrected chi connectivity index (χ1v) is 17.9. The van der Waals surface area contributed by atoms with Crippen LogP contribution in [-0.2, 0) is 0 Å². The Hall–Kier alpha value is -7.43. The predicted octanol–water partition coefficient (Wildman–Crippen LogP) is 13.4. The molecule has 0 amide bonds. The van der Waals surface area contributed by atoms with Crippen LogP contribution in [-0.4, -0.2) is 15.0 Å². The number of nitrogens with zero attached hydrogens (tertiary/aromatic N) is 3. The monoisotopic (exact) mass is 709 g/mol. The second-order valence-corrected chi connectivity index (χ2v) is 13.2. The average molecular weight is 710 g/mol. The zero-order chi connectivity index (χ0) is 41.8. The molecule has 0 N–H and O–H groups in total. The molecule has 0 radical (unpaired) electrons. The molecule has 0 aliphatic rings. The molecule has 0 atom stereocenters. The van der Waals surface area contributed by atoms with Crippen molar-refractivity contribution in [1.29, 1.82) is 0 Å². The Kier molecular flexibility index (Phi) is 6.63. The molecule has 0 fully saturated rings. The summed E-state index contributed by atoms with van der Waals surface area (Å²) in [6.07, 6.45) is 0. The van der Waals surface area contributed by atoms with Crippen molar-refractivity contribution in [3.63, 3.8) is 0 Å². The van der Waals surface area contributed by atoms with Crippen molar-refractivity contribution in [3.8, 4) is 78.7 Å². The maximum absolute atomic E-state index is 9.54. The van der Waals surface area contributed by atoms with E-state index in [4.69, 9.17) is 22.1 Å². The van der Waals surface area contributed by atoms with Gasteiger partial charge in [0, 0.05) is 27.5 Å². The third kappa shape index (κ3) is 6.36. The van der Waals surface area contributed by atoms with Crippen LogP contribution >= 0.6 is 0 Å². The van der Waals surface area contributed by atoms with Crippen molar-refractivity contribution in [2.24, 2.45) is 0 Å². The molecule has 4 nitrogen and oxygen atoms in total. The number of hydrogen-bond acceptors (Lipinski definition) is 4. The van der Waals surface area contributed by atoms with Crippen LogP contribution in [0.2, 0.25) is 0 Å². The SMILES string of the molecule is [2H]c1c(-c2cccc(-c3ccccc3)c2)c([2H])c2c(oc3c([2H])c(-c4nc(-c5ccc(-c6ccccc6)cc5)nc(-c5cccc(-c6ccccc6)c5)n4)c([2H])c([2H])c32)c1[2H]. The number of rotatable bonds is 7. The normalized spacial score (nSPS) is 12.8. The molecular weight excluding hydrogens is 671 g/mol. The van der Waals surface area contributed by atoms with Gasteiger partial charge in [0.1, 0.15) is 11.2 Å². The highest BCUT2D eigenvalue weighted by Gasteiger charge is 2.16. The molecule has 2 heterocycles. The third-order valence-corrected chi connectivity index (χ3v) is 9.61. The highest BCUT2D eigenvalue weighted by atomic mass is 16.3. The van der Waals surface area contributed by atoms with Crippen LogP contribution in [0.15, 0.2) is 204 Å². The van der Waals surface area contributed by atoms with E-state index in [1.54, 1.807) is 6.07 Å². The Balaban J connectivity index is 1.17. The Morgan fingerprint density at radius 2 is 0.745 bits per heavy atom. The Labute approximate surface area is 327 Å². The van der Waals surface area contributed by atoms with E-state index in [2.05, 4.69) is 0 Å². The largest absolute Gasteiger partial charge is 0.456 e. The van der Waals surface area contributed by atoms with Crippen LogP contribution < -0.4 is 0 Å². The van der Waals surface area contributed by atoms with Gasteiger partial charge in [0.05, 0.1) is 8.22 Å². The van der Waals surface area contributed by atoms with Gasteiger partial charge in [-0.3, -0.25) is 0 Å². The van der Waals surface area contributed by atoms with Crippen LogP contribution in [0.25, 0.3) is 101 Å². The van der Waals surface area contributed by atoms with Crippen LogP contribution in [0.1, 0.15) is 8.22 Å². The zero-order valence-electron chi connectivity index (χ0n) is 35.3. The predicted molar refractivity (Wildman–Crippen MR) is 225 cm³/mol. The molecule has 0 saturated heterocycles. The Morgan fingerprint density at radius 1 is 0.309 bits per heavy atom. The quantitative estimate of drug-likeness (QED) is 0.165. The highest BCUT2D eigenvalue weighted by molar-refractivity contribution is 6.07. The summed E-state index contributed by atoms with van der Waals surface area (Å²) in [5.74, 6) is 0.617. The van der Waals surface area contributed by atoms with Gasteiger partial charge in [0.15, 0.2) is 17.5 Å². The van der Waals surface area contributed by atoms with Crippen LogP contribution in [0.5, 0.6) is 0 Å². The van der Waals surface area contributed by atoms with Crippen molar-refractivity contribution in [1.82, 2.24) is 15.0 Å². The third-order valence-electron chi connectivity index (χ3n) is 9.61. The fraction of sp³-hybridized carbons (Fsp3) is 0. The minimum Gasteiger partial charge on any atom is -0.456 e. The summed E-state index contributed by atoms with van der Waals surface area (Å²) < 4.78 is 62.1. The second-order valence-electron chi connectivity index (χ2n) is 13.2. The summed E-state index contributed by atoms with van der Waals surface area (Å²) in [6, 6.07) is 51.3. The van der Waals surface area contributed by atoms with Gasteiger partial charge in [-0.05, 0) is 80.8 Å². The van der Waals surface area contributed by atoms with Gasteiger partial charge in [-0.2, -0.15) is 0 Å². The Morgan fingerprint density at radius 3 is 1.36 bits per heavy atom. The smallest absolute Gasteiger partial charge is 0.164 e.